The van der Waals surface area contributed by atoms with Gasteiger partial charge in [0.15, 0.2) is 0 Å². The molecule has 19 atom stereocenters. The van der Waals surface area contributed by atoms with Crippen molar-refractivity contribution in [1.82, 2.24) is 88.7 Å². The van der Waals surface area contributed by atoms with E-state index in [1.165, 1.54) is 21.6 Å². The van der Waals surface area contributed by atoms with Gasteiger partial charge in [0.1, 0.15) is 103 Å². The molecule has 0 aromatic heterocycles. The third-order valence-corrected chi connectivity index (χ3v) is 23.4. The van der Waals surface area contributed by atoms with Crippen LogP contribution in [-0.4, -0.2) is 325 Å². The number of hydrogen-bond donors (Lipinski definition) is 21. The molecule has 4 aliphatic heterocycles. The monoisotopic (exact) mass is 1850 g/mol. The van der Waals surface area contributed by atoms with Crippen LogP contribution >= 0.6 is 0 Å². The van der Waals surface area contributed by atoms with Crippen molar-refractivity contribution in [2.45, 2.75) is 295 Å². The molecule has 45 nitrogen and oxygen atoms in total. The van der Waals surface area contributed by atoms with Crippen molar-refractivity contribution in [2.75, 3.05) is 52.5 Å². The summed E-state index contributed by atoms with van der Waals surface area (Å²) in [4.78, 5) is 280. The number of nitrogens with one attached hydrogen (secondary N) is 13. The van der Waals surface area contributed by atoms with Crippen LogP contribution < -0.4 is 86.3 Å². The Morgan fingerprint density at radius 2 is 0.763 bits per heavy atom. The minimum absolute atomic E-state index is 0.00728. The summed E-state index contributed by atoms with van der Waals surface area (Å²) in [5.41, 5.74) is 16.8. The van der Waals surface area contributed by atoms with Crippen LogP contribution in [-0.2, 0) is 102 Å². The highest BCUT2D eigenvalue weighted by atomic mass is 16.4. The summed E-state index contributed by atoms with van der Waals surface area (Å²) in [6, 6.07) is -16.2. The molecule has 0 aliphatic carbocycles. The minimum Gasteiger partial charge on any atom is -0.480 e. The molecule has 19 amide bonds. The van der Waals surface area contributed by atoms with Gasteiger partial charge in [-0.05, 0) is 119 Å². The van der Waals surface area contributed by atoms with E-state index in [0.29, 0.717) is 24.8 Å². The second kappa shape index (κ2) is 52.5. The van der Waals surface area contributed by atoms with Crippen molar-refractivity contribution in [3.8, 4) is 0 Å². The zero-order valence-electron chi connectivity index (χ0n) is 76.9. The van der Waals surface area contributed by atoms with Crippen LogP contribution in [0.3, 0.4) is 0 Å². The number of rotatable bonds is 51. The minimum atomic E-state index is -1.88. The van der Waals surface area contributed by atoms with Crippen molar-refractivity contribution in [2.24, 2.45) is 52.7 Å². The molecule has 0 radical (unpaired) electrons. The molecule has 4 heterocycles. The van der Waals surface area contributed by atoms with E-state index in [4.69, 9.17) is 17.2 Å². The number of nitrogens with zero attached hydrogens (tertiary/aromatic N) is 4. The van der Waals surface area contributed by atoms with E-state index in [0.717, 1.165) is 4.90 Å². The molecule has 732 valence electrons. The normalized spacial score (nSPS) is 19.6. The van der Waals surface area contributed by atoms with Crippen molar-refractivity contribution < 1.29 is 121 Å². The first-order valence-electron chi connectivity index (χ1n) is 44.8. The predicted molar refractivity (Wildman–Crippen MR) is 469 cm³/mol. The summed E-state index contributed by atoms with van der Waals surface area (Å²) < 4.78 is 0. The lowest BCUT2D eigenvalue weighted by Gasteiger charge is -2.32. The van der Waals surface area contributed by atoms with Crippen LogP contribution in [0, 0.1) is 35.5 Å². The summed E-state index contributed by atoms with van der Waals surface area (Å²) >= 11 is 0. The topological polar surface area (TPSA) is 690 Å². The van der Waals surface area contributed by atoms with Gasteiger partial charge in [-0.15, -0.1) is 0 Å². The number of benzene rings is 1. The van der Waals surface area contributed by atoms with E-state index in [1.807, 2.05) is 0 Å². The van der Waals surface area contributed by atoms with Gasteiger partial charge in [0.25, 0.3) is 0 Å². The number of primary amides is 2. The molecular weight excluding hydrogens is 1710 g/mol. The highest BCUT2D eigenvalue weighted by molar-refractivity contribution is 6.02. The van der Waals surface area contributed by atoms with Crippen LogP contribution in [0.5, 0.6) is 0 Å². The Labute approximate surface area is 761 Å². The van der Waals surface area contributed by atoms with E-state index in [1.54, 1.807) is 113 Å². The molecule has 0 bridgehead atoms. The highest BCUT2D eigenvalue weighted by Crippen LogP contribution is 2.26. The van der Waals surface area contributed by atoms with E-state index < -0.39 is 296 Å². The number of hydrogen-bond acceptors (Lipinski definition) is 25. The molecule has 0 saturated carbocycles. The smallest absolute Gasteiger partial charge is 0.326 e. The van der Waals surface area contributed by atoms with E-state index in [9.17, 15) is 121 Å². The van der Waals surface area contributed by atoms with Gasteiger partial charge in [-0.2, -0.15) is 0 Å². The lowest BCUT2D eigenvalue weighted by molar-refractivity contribution is -0.144. The van der Waals surface area contributed by atoms with Crippen molar-refractivity contribution in [3.05, 3.63) is 35.9 Å². The third kappa shape index (κ3) is 32.4. The van der Waals surface area contributed by atoms with Crippen LogP contribution in [0.25, 0.3) is 0 Å². The summed E-state index contributed by atoms with van der Waals surface area (Å²) in [5.74, 6) is -21.4. The van der Waals surface area contributed by atoms with Gasteiger partial charge in [0.05, 0.1) is 38.9 Å². The maximum atomic E-state index is 14.7. The largest absolute Gasteiger partial charge is 0.480 e. The highest BCUT2D eigenvalue weighted by Gasteiger charge is 2.47. The average molecular weight is 1850 g/mol. The van der Waals surface area contributed by atoms with Crippen molar-refractivity contribution in [3.63, 3.8) is 0 Å². The number of amides is 19. The molecule has 0 unspecified atom stereocenters. The first kappa shape index (κ1) is 110. The number of nitrogens with two attached hydrogens (primary N) is 3. The lowest BCUT2D eigenvalue weighted by atomic mass is 9.96. The first-order chi connectivity index (χ1) is 61.6. The van der Waals surface area contributed by atoms with E-state index >= 15 is 0 Å². The number of aliphatic hydroxyl groups excluding tert-OH is 4. The molecule has 4 saturated heterocycles. The fraction of sp³-hybridized carbons (Fsp3) is 0.698. The standard InChI is InChI=1S/C86H138N20O25/c1-14-47(12)68(81(125)92-52(34-42(2)3)71(115)96-57(41-109)73(117)97-56(40-108)72(116)93-54(36-49-22-16-15-17-23-49)85(129)106-33-21-26-60(106)75(119)91-51(28-29-62(88)111)70(114)95-55(86(130)131)37-63(89)112)101-76(120)59-25-18-30-103(59)64(113)38-90-74(118)58-24-19-32-105(58)84(128)53(35-43(4)5)94-82(126)69(48(13)110)102-80(124)67(46(10)11)100-79(123)66(45(8)9)99-78(122)65(44(6)7)98-77(121)61-27-20-31-104(61)83(127)50(87)39-107/h15-17,22-23,42-48,50-61,65-69,107-110H,14,18-21,24-41,87H2,1-13H3,(H2,88,111)(H2,89,112)(H,90,118)(H,91,119)(H,92,125)(H,93,116)(H,94,126)(H,95,114)(H,96,115)(H,97,117)(H,98,121)(H,99,122)(H,100,123)(H,101,120)(H,102,124)(H,130,131)/t47-,48+,50-,51-,52-,53-,54-,55-,56-,57-,58-,59-,60-,61-,65-,66-,67-,68-,69-/m0/s1. The van der Waals surface area contributed by atoms with Crippen LogP contribution in [0.15, 0.2) is 30.3 Å². The van der Waals surface area contributed by atoms with Gasteiger partial charge in [-0.1, -0.05) is 120 Å². The molecule has 1 aromatic carbocycles. The Balaban J connectivity index is 1.21. The molecule has 0 spiro atoms. The fourth-order valence-electron chi connectivity index (χ4n) is 15.9. The summed E-state index contributed by atoms with van der Waals surface area (Å²) in [6.07, 6.45) is -1.49. The van der Waals surface area contributed by atoms with Gasteiger partial charge in [0.2, 0.25) is 112 Å². The molecule has 5 rings (SSSR count). The van der Waals surface area contributed by atoms with Gasteiger partial charge in [-0.25, -0.2) is 4.79 Å². The van der Waals surface area contributed by atoms with Crippen molar-refractivity contribution >= 4 is 118 Å². The van der Waals surface area contributed by atoms with Crippen molar-refractivity contribution in [1.29, 1.82) is 0 Å². The molecule has 1 aromatic rings. The number of aliphatic hydroxyl groups is 4. The predicted octanol–water partition coefficient (Wildman–Crippen LogP) is -6.86. The maximum Gasteiger partial charge on any atom is 0.326 e. The molecule has 24 N–H and O–H groups in total. The summed E-state index contributed by atoms with van der Waals surface area (Å²) in [6.45, 7) is 18.1. The van der Waals surface area contributed by atoms with Gasteiger partial charge in [-0.3, -0.25) is 91.1 Å². The number of carboxylic acid groups (broad SMARTS) is 1. The summed E-state index contributed by atoms with van der Waals surface area (Å²) in [5, 5.41) is 84.3. The van der Waals surface area contributed by atoms with Gasteiger partial charge < -0.3 is 131 Å². The quantitative estimate of drug-likeness (QED) is 0.0288. The number of carbonyl (C=O) groups is 20. The Kier molecular flexibility index (Phi) is 44.0. The van der Waals surface area contributed by atoms with Crippen LogP contribution in [0.4, 0.5) is 0 Å². The number of carbonyl (C=O) groups excluding carboxylic acids is 19. The molecule has 4 fully saturated rings. The molecule has 45 heteroatoms. The number of aliphatic carboxylic acids is 1. The molecule has 4 aliphatic rings. The molecule has 131 heavy (non-hydrogen) atoms. The average Bonchev–Trinajstić information content (AvgIpc) is 1.80. The molecular formula is C86H138N20O25. The first-order valence-corrected chi connectivity index (χ1v) is 44.8. The second-order valence-electron chi connectivity index (χ2n) is 35.9. The summed E-state index contributed by atoms with van der Waals surface area (Å²) in [7, 11) is 0. The fourth-order valence-corrected chi connectivity index (χ4v) is 15.9. The third-order valence-electron chi connectivity index (χ3n) is 23.4. The Hall–Kier alpha value is -11.6. The number of carboxylic acids is 1. The second-order valence-corrected chi connectivity index (χ2v) is 35.9. The van der Waals surface area contributed by atoms with E-state index in [2.05, 4.69) is 69.1 Å². The Morgan fingerprint density at radius 3 is 1.20 bits per heavy atom. The Bertz CT molecular complexity index is 4190. The zero-order chi connectivity index (χ0) is 98.3. The Morgan fingerprint density at radius 1 is 0.397 bits per heavy atom. The van der Waals surface area contributed by atoms with Gasteiger partial charge in [0, 0.05) is 39.0 Å². The van der Waals surface area contributed by atoms with E-state index in [-0.39, 0.29) is 95.8 Å². The zero-order valence-corrected chi connectivity index (χ0v) is 76.9. The SMILES string of the molecule is CC[C@H](C)[C@H](NC(=O)[C@@H]1CCCN1C(=O)CNC(=O)[C@@H]1CCCN1C(=O)[C@H](CC(C)C)NC(=O)[C@@H](NC(=O)[C@@H](NC(=O)[C@@H](NC(=O)[C@@H](NC(=O)[C@@H]1CCCN1C(=O)[C@@H](N)CO)C(C)C)C(C)C)C(C)C)[C@@H](C)O)C(=O)N[C@@H](CC(C)C)C(=O)N[C@@H](CO)C(=O)N[C@@H](CO)C(=O)N[C@@H](Cc1ccccc1)C(=O)N1CCC[C@H]1C(=O)N[C@@H](CCC(N)=O)C(=O)N[C@@H](CC(N)=O)C(=O)O. The number of likely N-dealkylation sites (tertiary alicyclic amines) is 4. The maximum absolute atomic E-state index is 14.7. The van der Waals surface area contributed by atoms with Gasteiger partial charge >= 0.3 is 5.97 Å². The van der Waals surface area contributed by atoms with Crippen LogP contribution in [0.1, 0.15) is 185 Å². The lowest BCUT2D eigenvalue weighted by Crippen LogP contribution is -2.63. The van der Waals surface area contributed by atoms with Crippen LogP contribution in [0.2, 0.25) is 0 Å².